The molecule has 2 fully saturated rings. The van der Waals surface area contributed by atoms with Crippen LogP contribution in [-0.2, 0) is 38.7 Å². The number of nitrogens with zero attached hydrogens (tertiary/aromatic N) is 6. The third-order valence-corrected chi connectivity index (χ3v) is 9.58. The predicted octanol–water partition coefficient (Wildman–Crippen LogP) is 7.94. The molecule has 1 atom stereocenters. The van der Waals surface area contributed by atoms with Crippen LogP contribution in [0, 0.1) is 5.92 Å². The quantitative estimate of drug-likeness (QED) is 0.230. The fraction of sp³-hybridized carbons (Fsp3) is 0.594. The summed E-state index contributed by atoms with van der Waals surface area (Å²) in [5.74, 6) is -0.0707. The average Bonchev–Trinajstić information content (AvgIpc) is 3.65. The van der Waals surface area contributed by atoms with Crippen molar-refractivity contribution in [2.45, 2.75) is 95.1 Å². The molecule has 16 heteroatoms. The summed E-state index contributed by atoms with van der Waals surface area (Å²) in [6.07, 6.45) is -9.50. The van der Waals surface area contributed by atoms with Crippen LogP contribution >= 0.6 is 0 Å². The lowest BCUT2D eigenvalue weighted by Gasteiger charge is -2.43. The van der Waals surface area contributed by atoms with Gasteiger partial charge in [0.05, 0.1) is 29.3 Å². The minimum absolute atomic E-state index is 0.0136. The van der Waals surface area contributed by atoms with E-state index in [1.807, 2.05) is 6.92 Å². The molecule has 1 aromatic heterocycles. The number of benzene rings is 2. The monoisotopic (exact) mass is 692 g/mol. The molecule has 0 bridgehead atoms. The lowest BCUT2D eigenvalue weighted by Crippen LogP contribution is -2.44. The normalized spacial score (nSPS) is 18.8. The second-order valence-electron chi connectivity index (χ2n) is 12.8. The summed E-state index contributed by atoms with van der Waals surface area (Å²) in [7, 11) is 1.40. The van der Waals surface area contributed by atoms with Gasteiger partial charge in [-0.3, -0.25) is 4.90 Å². The van der Waals surface area contributed by atoms with Crippen molar-refractivity contribution >= 4 is 5.95 Å². The Kier molecular flexibility index (Phi) is 10.1. The van der Waals surface area contributed by atoms with Crippen LogP contribution in [0.4, 0.5) is 45.5 Å². The first-order valence-corrected chi connectivity index (χ1v) is 15.8. The molecule has 0 amide bonds. The molecule has 1 N–H and O–H groups in total. The molecule has 1 aliphatic heterocycles. The standard InChI is InChI=1S/C32H37F9N6O/c1-3-27(46-12-8-22(9-13-46)29(48)10-4-5-11-29)26-7-6-23(30(33,34)35)16-21(26)19-47(28-42-44-45(2)43-28)18-20-14-24(31(36,37)38)17-25(15-20)32(39,40)41/h6-7,14-17,22,27,48H,3-5,8-13,18-19H2,1-2H3. The van der Waals surface area contributed by atoms with Gasteiger partial charge in [0.15, 0.2) is 0 Å². The van der Waals surface area contributed by atoms with Gasteiger partial charge in [0.2, 0.25) is 0 Å². The number of hydrogen-bond donors (Lipinski definition) is 1. The third-order valence-electron chi connectivity index (χ3n) is 9.58. The maximum Gasteiger partial charge on any atom is 0.416 e. The van der Waals surface area contributed by atoms with Gasteiger partial charge in [-0.05, 0) is 103 Å². The van der Waals surface area contributed by atoms with Gasteiger partial charge >= 0.3 is 18.5 Å². The zero-order valence-electron chi connectivity index (χ0n) is 26.4. The van der Waals surface area contributed by atoms with E-state index in [4.69, 9.17) is 0 Å². The molecule has 1 aliphatic carbocycles. The molecule has 1 saturated carbocycles. The Bertz CT molecular complexity index is 1520. The van der Waals surface area contributed by atoms with Crippen LogP contribution in [0.25, 0.3) is 0 Å². The lowest BCUT2D eigenvalue weighted by molar-refractivity contribution is -0.143. The fourth-order valence-electron chi connectivity index (χ4n) is 7.20. The number of rotatable bonds is 9. The van der Waals surface area contributed by atoms with E-state index in [0.717, 1.165) is 55.5 Å². The number of aliphatic hydroxyl groups is 1. The van der Waals surface area contributed by atoms with E-state index in [1.54, 1.807) is 0 Å². The highest BCUT2D eigenvalue weighted by molar-refractivity contribution is 5.42. The second-order valence-corrected chi connectivity index (χ2v) is 12.8. The van der Waals surface area contributed by atoms with Gasteiger partial charge in [-0.2, -0.15) is 44.3 Å². The van der Waals surface area contributed by atoms with Gasteiger partial charge in [0, 0.05) is 19.1 Å². The molecule has 0 spiro atoms. The maximum absolute atomic E-state index is 14.0. The summed E-state index contributed by atoms with van der Waals surface area (Å²) in [4.78, 5) is 4.41. The van der Waals surface area contributed by atoms with Gasteiger partial charge in [-0.25, -0.2) is 0 Å². The molecule has 264 valence electrons. The summed E-state index contributed by atoms with van der Waals surface area (Å²) < 4.78 is 124. The molecule has 48 heavy (non-hydrogen) atoms. The molecule has 7 nitrogen and oxygen atoms in total. The number of tetrazole rings is 1. The molecule has 3 aromatic rings. The first-order valence-electron chi connectivity index (χ1n) is 15.8. The van der Waals surface area contributed by atoms with Crippen molar-refractivity contribution in [3.8, 4) is 0 Å². The van der Waals surface area contributed by atoms with Crippen LogP contribution in [0.15, 0.2) is 36.4 Å². The van der Waals surface area contributed by atoms with E-state index >= 15 is 0 Å². The van der Waals surface area contributed by atoms with Crippen molar-refractivity contribution in [1.29, 1.82) is 0 Å². The highest BCUT2D eigenvalue weighted by Gasteiger charge is 2.42. The topological polar surface area (TPSA) is 70.3 Å². The van der Waals surface area contributed by atoms with Crippen molar-refractivity contribution in [2.24, 2.45) is 13.0 Å². The van der Waals surface area contributed by atoms with Crippen molar-refractivity contribution < 1.29 is 44.6 Å². The molecule has 2 heterocycles. The zero-order chi connectivity index (χ0) is 35.1. The van der Waals surface area contributed by atoms with Crippen molar-refractivity contribution in [2.75, 3.05) is 18.0 Å². The average molecular weight is 693 g/mol. The van der Waals surface area contributed by atoms with Gasteiger partial charge < -0.3 is 10.0 Å². The molecule has 2 aromatic carbocycles. The molecule has 1 unspecified atom stereocenters. The Balaban J connectivity index is 1.51. The minimum Gasteiger partial charge on any atom is -0.390 e. The number of anilines is 1. The zero-order valence-corrected chi connectivity index (χ0v) is 26.4. The number of alkyl halides is 9. The summed E-state index contributed by atoms with van der Waals surface area (Å²) in [6, 6.07) is 4.14. The number of halogens is 9. The van der Waals surface area contributed by atoms with Gasteiger partial charge in [-0.15, -0.1) is 5.10 Å². The Morgan fingerprint density at radius 2 is 1.44 bits per heavy atom. The third kappa shape index (κ3) is 8.07. The van der Waals surface area contributed by atoms with Crippen LogP contribution in [0.5, 0.6) is 0 Å². The van der Waals surface area contributed by atoms with Crippen molar-refractivity contribution in [3.05, 3.63) is 69.8 Å². The highest BCUT2D eigenvalue weighted by atomic mass is 19.4. The largest absolute Gasteiger partial charge is 0.416 e. The number of likely N-dealkylation sites (tertiary alicyclic amines) is 1. The van der Waals surface area contributed by atoms with Gasteiger partial charge in [-0.1, -0.05) is 30.9 Å². The van der Waals surface area contributed by atoms with Gasteiger partial charge in [0.1, 0.15) is 0 Å². The van der Waals surface area contributed by atoms with E-state index in [1.165, 1.54) is 18.0 Å². The number of hydrogen-bond acceptors (Lipinski definition) is 6. The summed E-state index contributed by atoms with van der Waals surface area (Å²) in [5.41, 5.74) is -4.37. The first-order chi connectivity index (χ1) is 22.4. The van der Waals surface area contributed by atoms with Crippen LogP contribution in [0.1, 0.15) is 91.3 Å². The molecule has 1 saturated heterocycles. The number of aromatic nitrogens is 4. The maximum atomic E-state index is 14.0. The smallest absolute Gasteiger partial charge is 0.390 e. The van der Waals surface area contributed by atoms with Crippen LogP contribution in [0.2, 0.25) is 0 Å². The summed E-state index contributed by atoms with van der Waals surface area (Å²) in [6.45, 7) is 2.15. The SMILES string of the molecule is CCC(c1ccc(C(F)(F)F)cc1CN(Cc1cc(C(F)(F)F)cc(C(F)(F)F)c1)c1nnn(C)n1)N1CCC(C2(O)CCCC2)CC1. The number of piperidine rings is 1. The minimum atomic E-state index is -5.09. The van der Waals surface area contributed by atoms with E-state index in [0.29, 0.717) is 37.2 Å². The van der Waals surface area contributed by atoms with E-state index < -0.39 is 52.9 Å². The molecular formula is C32H37F9N6O. The fourth-order valence-corrected chi connectivity index (χ4v) is 7.20. The molecule has 0 radical (unpaired) electrons. The second kappa shape index (κ2) is 13.5. The summed E-state index contributed by atoms with van der Waals surface area (Å²) in [5, 5.41) is 22.8. The number of aryl methyl sites for hydroxylation is 1. The first kappa shape index (κ1) is 35.9. The van der Waals surface area contributed by atoms with E-state index in [2.05, 4.69) is 20.3 Å². The Morgan fingerprint density at radius 1 is 0.854 bits per heavy atom. The highest BCUT2D eigenvalue weighted by Crippen LogP contribution is 2.43. The molecule has 2 aliphatic rings. The van der Waals surface area contributed by atoms with Crippen LogP contribution in [-0.4, -0.2) is 48.9 Å². The lowest BCUT2D eigenvalue weighted by atomic mass is 9.78. The van der Waals surface area contributed by atoms with Crippen LogP contribution in [0.3, 0.4) is 0 Å². The summed E-state index contributed by atoms with van der Waals surface area (Å²) >= 11 is 0. The molecular weight excluding hydrogens is 655 g/mol. The Labute approximate surface area is 271 Å². The Morgan fingerprint density at radius 3 is 1.94 bits per heavy atom. The molecule has 5 rings (SSSR count). The van der Waals surface area contributed by atoms with Crippen LogP contribution < -0.4 is 4.90 Å². The van der Waals surface area contributed by atoms with Gasteiger partial charge in [0.25, 0.3) is 5.95 Å². The Hall–Kier alpha value is -3.40. The predicted molar refractivity (Wildman–Crippen MR) is 157 cm³/mol. The van der Waals surface area contributed by atoms with Crippen molar-refractivity contribution in [3.63, 3.8) is 0 Å². The van der Waals surface area contributed by atoms with Crippen molar-refractivity contribution in [1.82, 2.24) is 25.1 Å². The van der Waals surface area contributed by atoms with E-state index in [-0.39, 0.29) is 36.1 Å². The van der Waals surface area contributed by atoms with E-state index in [9.17, 15) is 44.6 Å².